The van der Waals surface area contributed by atoms with Crippen molar-refractivity contribution in [1.82, 2.24) is 4.90 Å². The normalized spacial score (nSPS) is 20.6. The Morgan fingerprint density at radius 1 is 1.25 bits per heavy atom. The molecule has 0 bridgehead atoms. The van der Waals surface area contributed by atoms with Crippen LogP contribution in [0.3, 0.4) is 0 Å². The lowest BCUT2D eigenvalue weighted by Crippen LogP contribution is -2.44. The second-order valence-electron chi connectivity index (χ2n) is 6.69. The summed E-state index contributed by atoms with van der Waals surface area (Å²) < 4.78 is 5.30. The molecule has 24 heavy (non-hydrogen) atoms. The number of piperidine rings is 1. The van der Waals surface area contributed by atoms with Crippen LogP contribution in [0.2, 0.25) is 5.02 Å². The van der Waals surface area contributed by atoms with Crippen molar-refractivity contribution in [3.63, 3.8) is 0 Å². The van der Waals surface area contributed by atoms with Crippen molar-refractivity contribution in [3.05, 3.63) is 22.7 Å². The van der Waals surface area contributed by atoms with E-state index in [1.165, 1.54) is 0 Å². The summed E-state index contributed by atoms with van der Waals surface area (Å²) in [4.78, 5) is 26.7. The van der Waals surface area contributed by atoms with E-state index in [-0.39, 0.29) is 23.7 Å². The van der Waals surface area contributed by atoms with Crippen LogP contribution in [0.25, 0.3) is 0 Å². The number of aryl methyl sites for hydroxylation is 1. The van der Waals surface area contributed by atoms with Crippen LogP contribution in [0.5, 0.6) is 5.75 Å². The zero-order valence-corrected chi connectivity index (χ0v) is 14.9. The minimum absolute atomic E-state index is 0.0664. The number of carbonyl (C=O) groups is 2. The van der Waals surface area contributed by atoms with Crippen LogP contribution in [0.15, 0.2) is 12.1 Å². The third-order valence-corrected chi connectivity index (χ3v) is 5.18. The summed E-state index contributed by atoms with van der Waals surface area (Å²) in [5.41, 5.74) is 1.50. The molecule has 1 aliphatic carbocycles. The van der Waals surface area contributed by atoms with E-state index in [0.717, 1.165) is 37.8 Å². The summed E-state index contributed by atoms with van der Waals surface area (Å²) in [7, 11) is 1.55. The summed E-state index contributed by atoms with van der Waals surface area (Å²) >= 11 is 6.10. The molecule has 1 heterocycles. The highest BCUT2D eigenvalue weighted by atomic mass is 35.5. The second kappa shape index (κ2) is 7.01. The molecule has 1 atom stereocenters. The molecular formula is C18H23ClN2O3. The van der Waals surface area contributed by atoms with Crippen molar-refractivity contribution >= 4 is 29.1 Å². The van der Waals surface area contributed by atoms with Gasteiger partial charge in [-0.15, -0.1) is 0 Å². The van der Waals surface area contributed by atoms with E-state index in [9.17, 15) is 9.59 Å². The first-order valence-electron chi connectivity index (χ1n) is 8.43. The average Bonchev–Trinajstić information content (AvgIpc) is 3.42. The number of likely N-dealkylation sites (tertiary alicyclic amines) is 1. The van der Waals surface area contributed by atoms with E-state index in [1.807, 2.05) is 17.9 Å². The van der Waals surface area contributed by atoms with Crippen LogP contribution in [0, 0.1) is 18.8 Å². The molecule has 1 aliphatic heterocycles. The van der Waals surface area contributed by atoms with E-state index in [2.05, 4.69) is 5.32 Å². The quantitative estimate of drug-likeness (QED) is 0.906. The minimum Gasteiger partial charge on any atom is -0.495 e. The molecule has 1 saturated heterocycles. The number of halogens is 1. The maximum Gasteiger partial charge on any atom is 0.229 e. The van der Waals surface area contributed by atoms with Gasteiger partial charge in [-0.05, 0) is 44.2 Å². The van der Waals surface area contributed by atoms with Gasteiger partial charge in [-0.1, -0.05) is 11.6 Å². The summed E-state index contributed by atoms with van der Waals surface area (Å²) in [6.07, 6.45) is 3.66. The molecule has 2 aliphatic rings. The number of ether oxygens (including phenoxy) is 1. The minimum atomic E-state index is -0.179. The SMILES string of the molecule is COc1cc(Cl)c(C)cc1NC(=O)C1CCCN(C(=O)C2CC2)C1. The number of rotatable bonds is 4. The number of amides is 2. The Morgan fingerprint density at radius 3 is 2.67 bits per heavy atom. The van der Waals surface area contributed by atoms with Gasteiger partial charge in [-0.2, -0.15) is 0 Å². The lowest BCUT2D eigenvalue weighted by molar-refractivity contribution is -0.135. The smallest absolute Gasteiger partial charge is 0.229 e. The zero-order valence-electron chi connectivity index (χ0n) is 14.1. The average molecular weight is 351 g/mol. The molecule has 3 rings (SSSR count). The molecule has 1 unspecified atom stereocenters. The third kappa shape index (κ3) is 3.66. The highest BCUT2D eigenvalue weighted by Crippen LogP contribution is 2.34. The molecule has 2 amide bonds. The number of nitrogens with one attached hydrogen (secondary N) is 1. The van der Waals surface area contributed by atoms with Gasteiger partial charge in [0.05, 0.1) is 18.7 Å². The second-order valence-corrected chi connectivity index (χ2v) is 7.10. The predicted octanol–water partition coefficient (Wildman–Crippen LogP) is 3.24. The largest absolute Gasteiger partial charge is 0.495 e. The Kier molecular flexibility index (Phi) is 4.99. The van der Waals surface area contributed by atoms with Crippen molar-refractivity contribution < 1.29 is 14.3 Å². The molecule has 130 valence electrons. The number of nitrogens with zero attached hydrogens (tertiary/aromatic N) is 1. The number of hydrogen-bond acceptors (Lipinski definition) is 3. The van der Waals surface area contributed by atoms with Crippen molar-refractivity contribution in [2.45, 2.75) is 32.6 Å². The first kappa shape index (κ1) is 17.1. The van der Waals surface area contributed by atoms with Gasteiger partial charge in [0.15, 0.2) is 0 Å². The lowest BCUT2D eigenvalue weighted by atomic mass is 9.96. The van der Waals surface area contributed by atoms with Gasteiger partial charge in [0.25, 0.3) is 0 Å². The fourth-order valence-corrected chi connectivity index (χ4v) is 3.30. The maximum absolute atomic E-state index is 12.6. The maximum atomic E-state index is 12.6. The summed E-state index contributed by atoms with van der Waals surface area (Å²) in [5, 5.41) is 3.54. The first-order valence-corrected chi connectivity index (χ1v) is 8.81. The van der Waals surface area contributed by atoms with Gasteiger partial charge in [0.1, 0.15) is 5.75 Å². The highest BCUT2D eigenvalue weighted by Gasteiger charge is 2.36. The van der Waals surface area contributed by atoms with E-state index in [4.69, 9.17) is 16.3 Å². The molecule has 6 heteroatoms. The predicted molar refractivity (Wildman–Crippen MR) is 93.4 cm³/mol. The number of carbonyl (C=O) groups excluding carboxylic acids is 2. The van der Waals surface area contributed by atoms with Crippen LogP contribution < -0.4 is 10.1 Å². The van der Waals surface area contributed by atoms with Gasteiger partial charge in [-0.25, -0.2) is 0 Å². The molecular weight excluding hydrogens is 328 g/mol. The molecule has 0 spiro atoms. The summed E-state index contributed by atoms with van der Waals surface area (Å²) in [5.74, 6) is 0.712. The molecule has 1 aromatic rings. The number of anilines is 1. The Labute approximate surface area is 147 Å². The lowest BCUT2D eigenvalue weighted by Gasteiger charge is -2.32. The van der Waals surface area contributed by atoms with Gasteiger partial charge in [0, 0.05) is 30.1 Å². The molecule has 0 radical (unpaired) electrons. The molecule has 1 aromatic carbocycles. The standard InChI is InChI=1S/C18H23ClN2O3/c1-11-8-15(16(24-2)9-14(11)19)20-17(22)13-4-3-7-21(10-13)18(23)12-5-6-12/h8-9,12-13H,3-7,10H2,1-2H3,(H,20,22). The van der Waals surface area contributed by atoms with Gasteiger partial charge in [0.2, 0.25) is 11.8 Å². The van der Waals surface area contributed by atoms with Crippen molar-refractivity contribution in [1.29, 1.82) is 0 Å². The van der Waals surface area contributed by atoms with Crippen LogP contribution in [0.1, 0.15) is 31.2 Å². The summed E-state index contributed by atoms with van der Waals surface area (Å²) in [6.45, 7) is 3.16. The van der Waals surface area contributed by atoms with E-state index >= 15 is 0 Å². The van der Waals surface area contributed by atoms with Crippen LogP contribution in [-0.4, -0.2) is 36.9 Å². The Morgan fingerprint density at radius 2 is 2.00 bits per heavy atom. The van der Waals surface area contributed by atoms with E-state index in [0.29, 0.717) is 23.0 Å². The summed E-state index contributed by atoms with van der Waals surface area (Å²) in [6, 6.07) is 3.52. The van der Waals surface area contributed by atoms with Crippen LogP contribution in [-0.2, 0) is 9.59 Å². The van der Waals surface area contributed by atoms with Crippen LogP contribution in [0.4, 0.5) is 5.69 Å². The fourth-order valence-electron chi connectivity index (χ4n) is 3.14. The molecule has 0 aromatic heterocycles. The number of methoxy groups -OCH3 is 1. The number of hydrogen-bond donors (Lipinski definition) is 1. The monoisotopic (exact) mass is 350 g/mol. The van der Waals surface area contributed by atoms with E-state index < -0.39 is 0 Å². The molecule has 5 nitrogen and oxygen atoms in total. The van der Waals surface area contributed by atoms with Gasteiger partial charge < -0.3 is 15.0 Å². The highest BCUT2D eigenvalue weighted by molar-refractivity contribution is 6.31. The molecule has 1 saturated carbocycles. The number of benzene rings is 1. The Hall–Kier alpha value is -1.75. The van der Waals surface area contributed by atoms with Gasteiger partial charge in [-0.3, -0.25) is 9.59 Å². The topological polar surface area (TPSA) is 58.6 Å². The van der Waals surface area contributed by atoms with E-state index in [1.54, 1.807) is 13.2 Å². The fraction of sp³-hybridized carbons (Fsp3) is 0.556. The van der Waals surface area contributed by atoms with Crippen molar-refractivity contribution in [3.8, 4) is 5.75 Å². The first-order chi connectivity index (χ1) is 11.5. The Bertz CT molecular complexity index is 658. The molecule has 2 fully saturated rings. The van der Waals surface area contributed by atoms with Crippen LogP contribution >= 0.6 is 11.6 Å². The Balaban J connectivity index is 1.68. The third-order valence-electron chi connectivity index (χ3n) is 4.77. The zero-order chi connectivity index (χ0) is 17.3. The molecule has 1 N–H and O–H groups in total. The van der Waals surface area contributed by atoms with Gasteiger partial charge >= 0.3 is 0 Å². The van der Waals surface area contributed by atoms with Crippen molar-refractivity contribution in [2.24, 2.45) is 11.8 Å². The van der Waals surface area contributed by atoms with Crippen molar-refractivity contribution in [2.75, 3.05) is 25.5 Å².